The number of hydrogen-bond acceptors (Lipinski definition) is 2. The maximum absolute atomic E-state index is 10.8. The van der Waals surface area contributed by atoms with Crippen LogP contribution in [-0.2, 0) is 11.2 Å². The van der Waals surface area contributed by atoms with Gasteiger partial charge in [0.1, 0.15) is 0 Å². The van der Waals surface area contributed by atoms with Crippen LogP contribution in [0.15, 0.2) is 29.4 Å². The Labute approximate surface area is 93.9 Å². The minimum absolute atomic E-state index is 0.0813. The van der Waals surface area contributed by atoms with Crippen molar-refractivity contribution in [3.05, 3.63) is 45.8 Å². The predicted molar refractivity (Wildman–Crippen MR) is 61.6 cm³/mol. The molecule has 84 valence electrons. The van der Waals surface area contributed by atoms with Gasteiger partial charge in [0, 0.05) is 11.3 Å². The van der Waals surface area contributed by atoms with E-state index in [1.54, 1.807) is 0 Å². The Kier molecular flexibility index (Phi) is 4.36. The van der Waals surface area contributed by atoms with Crippen LogP contribution in [0.3, 0.4) is 0 Å². The fourth-order valence-corrected chi connectivity index (χ4v) is 1.46. The first-order valence-electron chi connectivity index (χ1n) is 5.00. The highest BCUT2D eigenvalue weighted by Crippen LogP contribution is 2.10. The van der Waals surface area contributed by atoms with E-state index >= 15 is 0 Å². The Morgan fingerprint density at radius 3 is 2.62 bits per heavy atom. The van der Waals surface area contributed by atoms with E-state index in [2.05, 4.69) is 10.0 Å². The Bertz CT molecular complexity index is 406. The zero-order chi connectivity index (χ0) is 12.0. The molecule has 0 saturated carbocycles. The molecule has 1 aromatic rings. The molecule has 1 rings (SSSR count). The Morgan fingerprint density at radius 1 is 1.50 bits per heavy atom. The van der Waals surface area contributed by atoms with E-state index in [1.807, 2.05) is 31.2 Å². The number of rotatable bonds is 5. The number of azide groups is 1. The fraction of sp³-hybridized carbons (Fsp3) is 0.364. The zero-order valence-corrected chi connectivity index (χ0v) is 9.13. The van der Waals surface area contributed by atoms with Gasteiger partial charge >= 0.3 is 0 Å². The van der Waals surface area contributed by atoms with E-state index < -0.39 is 11.9 Å². The highest BCUT2D eigenvalue weighted by Gasteiger charge is 2.10. The molecule has 0 saturated heterocycles. The molecule has 0 unspecified atom stereocenters. The summed E-state index contributed by atoms with van der Waals surface area (Å²) in [6, 6.07) is 7.47. The standard InChI is InChI=1S/C11H14N4O/c1-8-2-4-9(5-3-8)6-10(14-15-13)7-11(12)16/h2-5,10H,6-7H2,1H3,(H2,12,16)/t10-/m0/s1. The van der Waals surface area contributed by atoms with Crippen molar-refractivity contribution < 1.29 is 4.79 Å². The lowest BCUT2D eigenvalue weighted by Crippen LogP contribution is -2.20. The van der Waals surface area contributed by atoms with Crippen LogP contribution in [0.4, 0.5) is 0 Å². The third kappa shape index (κ3) is 4.02. The summed E-state index contributed by atoms with van der Waals surface area (Å²) in [6.07, 6.45) is 0.616. The Balaban J connectivity index is 2.71. The molecule has 0 aromatic heterocycles. The molecule has 0 aliphatic carbocycles. The van der Waals surface area contributed by atoms with E-state index in [4.69, 9.17) is 11.3 Å². The van der Waals surface area contributed by atoms with E-state index in [0.29, 0.717) is 6.42 Å². The van der Waals surface area contributed by atoms with Crippen molar-refractivity contribution in [1.29, 1.82) is 0 Å². The monoisotopic (exact) mass is 218 g/mol. The van der Waals surface area contributed by atoms with Crippen LogP contribution in [0, 0.1) is 6.92 Å². The molecule has 0 radical (unpaired) electrons. The van der Waals surface area contributed by atoms with Gasteiger partial charge < -0.3 is 5.73 Å². The van der Waals surface area contributed by atoms with Crippen molar-refractivity contribution in [3.8, 4) is 0 Å². The first kappa shape index (κ1) is 12.1. The highest BCUT2D eigenvalue weighted by molar-refractivity contribution is 5.74. The first-order valence-corrected chi connectivity index (χ1v) is 5.00. The van der Waals surface area contributed by atoms with Crippen LogP contribution in [0.1, 0.15) is 17.5 Å². The van der Waals surface area contributed by atoms with Crippen LogP contribution in [-0.4, -0.2) is 11.9 Å². The van der Waals surface area contributed by atoms with Crippen molar-refractivity contribution in [2.45, 2.75) is 25.8 Å². The van der Waals surface area contributed by atoms with Gasteiger partial charge in [-0.25, -0.2) is 0 Å². The van der Waals surface area contributed by atoms with Crippen LogP contribution in [0.2, 0.25) is 0 Å². The van der Waals surface area contributed by atoms with Crippen LogP contribution in [0.25, 0.3) is 10.4 Å². The number of benzene rings is 1. The lowest BCUT2D eigenvalue weighted by molar-refractivity contribution is -0.118. The molecular formula is C11H14N4O. The molecule has 2 N–H and O–H groups in total. The van der Waals surface area contributed by atoms with Gasteiger partial charge in [-0.1, -0.05) is 34.9 Å². The first-order chi connectivity index (χ1) is 7.61. The molecule has 0 aliphatic heterocycles. The van der Waals surface area contributed by atoms with E-state index in [1.165, 1.54) is 5.56 Å². The summed E-state index contributed by atoms with van der Waals surface area (Å²) in [5.41, 5.74) is 15.7. The van der Waals surface area contributed by atoms with Gasteiger partial charge in [-0.2, -0.15) is 0 Å². The number of carbonyl (C=O) groups excluding carboxylic acids is 1. The average molecular weight is 218 g/mol. The van der Waals surface area contributed by atoms with Gasteiger partial charge in [0.25, 0.3) is 0 Å². The number of primary amides is 1. The fourth-order valence-electron chi connectivity index (χ4n) is 1.46. The van der Waals surface area contributed by atoms with E-state index in [-0.39, 0.29) is 6.42 Å². The summed E-state index contributed by atoms with van der Waals surface area (Å²) in [4.78, 5) is 13.5. The van der Waals surface area contributed by atoms with Gasteiger partial charge in [0.2, 0.25) is 5.91 Å². The molecule has 5 heteroatoms. The van der Waals surface area contributed by atoms with Crippen molar-refractivity contribution in [2.75, 3.05) is 0 Å². The Morgan fingerprint density at radius 2 is 2.12 bits per heavy atom. The number of carbonyl (C=O) groups is 1. The molecule has 0 heterocycles. The molecule has 1 aromatic carbocycles. The van der Waals surface area contributed by atoms with Gasteiger partial charge in [0.05, 0.1) is 6.04 Å². The van der Waals surface area contributed by atoms with Gasteiger partial charge in [0.15, 0.2) is 0 Å². The number of aryl methyl sites for hydroxylation is 1. The largest absolute Gasteiger partial charge is 0.370 e. The molecule has 0 fully saturated rings. The third-order valence-corrected chi connectivity index (χ3v) is 2.24. The van der Waals surface area contributed by atoms with E-state index in [9.17, 15) is 4.79 Å². The quantitative estimate of drug-likeness (QED) is 0.457. The molecule has 1 amide bonds. The lowest BCUT2D eigenvalue weighted by atomic mass is 10.0. The average Bonchev–Trinajstić information content (AvgIpc) is 2.21. The summed E-state index contributed by atoms with van der Waals surface area (Å²) < 4.78 is 0. The second-order valence-corrected chi connectivity index (χ2v) is 3.72. The lowest BCUT2D eigenvalue weighted by Gasteiger charge is -2.08. The minimum atomic E-state index is -0.454. The van der Waals surface area contributed by atoms with Gasteiger partial charge in [-0.3, -0.25) is 4.79 Å². The number of amides is 1. The summed E-state index contributed by atoms with van der Waals surface area (Å²) in [6.45, 7) is 2.00. The number of nitrogens with zero attached hydrogens (tertiary/aromatic N) is 3. The molecule has 16 heavy (non-hydrogen) atoms. The molecule has 0 bridgehead atoms. The molecular weight excluding hydrogens is 204 g/mol. The highest BCUT2D eigenvalue weighted by atomic mass is 16.1. The Hall–Kier alpha value is -2.00. The molecule has 1 atom stereocenters. The third-order valence-electron chi connectivity index (χ3n) is 2.24. The maximum Gasteiger partial charge on any atom is 0.217 e. The van der Waals surface area contributed by atoms with Gasteiger partial charge in [-0.05, 0) is 24.4 Å². The summed E-state index contributed by atoms with van der Waals surface area (Å²) in [5, 5.41) is 3.56. The van der Waals surface area contributed by atoms with Crippen molar-refractivity contribution in [1.82, 2.24) is 0 Å². The second-order valence-electron chi connectivity index (χ2n) is 3.72. The number of hydrogen-bond donors (Lipinski definition) is 1. The van der Waals surface area contributed by atoms with Crippen molar-refractivity contribution in [3.63, 3.8) is 0 Å². The van der Waals surface area contributed by atoms with Crippen LogP contribution >= 0.6 is 0 Å². The number of nitrogens with two attached hydrogens (primary N) is 1. The molecule has 0 spiro atoms. The SMILES string of the molecule is Cc1ccc(C[C@@H](CC(N)=O)N=[N+]=[N-])cc1. The summed E-state index contributed by atoms with van der Waals surface area (Å²) in [5.74, 6) is -0.454. The zero-order valence-electron chi connectivity index (χ0n) is 9.13. The topological polar surface area (TPSA) is 91.9 Å². The smallest absolute Gasteiger partial charge is 0.217 e. The molecule has 5 nitrogen and oxygen atoms in total. The predicted octanol–water partition coefficient (Wildman–Crippen LogP) is 2.09. The summed E-state index contributed by atoms with van der Waals surface area (Å²) >= 11 is 0. The maximum atomic E-state index is 10.8. The normalized spacial score (nSPS) is 11.6. The van der Waals surface area contributed by atoms with Crippen LogP contribution in [0.5, 0.6) is 0 Å². The second kappa shape index (κ2) is 5.78. The van der Waals surface area contributed by atoms with Crippen LogP contribution < -0.4 is 5.73 Å². The summed E-state index contributed by atoms with van der Waals surface area (Å²) in [7, 11) is 0. The molecule has 0 aliphatic rings. The van der Waals surface area contributed by atoms with Gasteiger partial charge in [-0.15, -0.1) is 0 Å². The van der Waals surface area contributed by atoms with Crippen molar-refractivity contribution in [2.24, 2.45) is 10.8 Å². The minimum Gasteiger partial charge on any atom is -0.370 e. The van der Waals surface area contributed by atoms with E-state index in [0.717, 1.165) is 5.56 Å². The van der Waals surface area contributed by atoms with Crippen molar-refractivity contribution >= 4 is 5.91 Å².